The molecule has 0 aromatic rings. The van der Waals surface area contributed by atoms with Crippen molar-refractivity contribution >= 4 is 29.8 Å². The fourth-order valence-corrected chi connectivity index (χ4v) is 2.10. The maximum absolute atomic E-state index is 11.6. The smallest absolute Gasteiger partial charge is 0.303 e. The highest BCUT2D eigenvalue weighted by atomic mass is 16.6. The monoisotopic (exact) mass is 407 g/mol. The third-order valence-corrected chi connectivity index (χ3v) is 3.03. The van der Waals surface area contributed by atoms with E-state index in [2.05, 4.69) is 0 Å². The van der Waals surface area contributed by atoms with E-state index in [4.69, 9.17) is 29.8 Å². The summed E-state index contributed by atoms with van der Waals surface area (Å²) in [6.45, 7) is 3.08. The van der Waals surface area contributed by atoms with Gasteiger partial charge in [0.15, 0.2) is 18.3 Å². The predicted octanol–water partition coefficient (Wildman–Crippen LogP) is -0.0773. The van der Waals surface area contributed by atoms with Crippen molar-refractivity contribution in [2.75, 3.05) is 20.3 Å². The fraction of sp³-hybridized carbons (Fsp3) is 0.706. The summed E-state index contributed by atoms with van der Waals surface area (Å²) in [4.78, 5) is 57.2. The van der Waals surface area contributed by atoms with E-state index < -0.39 is 67.5 Å². The maximum atomic E-state index is 11.6. The average molecular weight is 407 g/mol. The molecule has 0 aliphatic carbocycles. The number of ether oxygens (including phenoxy) is 6. The number of hydrogen-bond donors (Lipinski definition) is 0. The lowest BCUT2D eigenvalue weighted by atomic mass is 10.0. The summed E-state index contributed by atoms with van der Waals surface area (Å²) in [6.07, 6.45) is -5.95. The van der Waals surface area contributed by atoms with E-state index in [-0.39, 0.29) is 0 Å². The summed E-state index contributed by atoms with van der Waals surface area (Å²) < 4.78 is 38.1. The second kappa shape index (κ2) is 12.7. The Hall–Kier alpha value is -2.69. The Labute approximate surface area is 163 Å². The first-order valence-corrected chi connectivity index (χ1v) is 8.16. The Morgan fingerprint density at radius 1 is 0.679 bits per heavy atom. The molecule has 0 spiro atoms. The van der Waals surface area contributed by atoms with E-state index in [1.165, 1.54) is 0 Å². The Morgan fingerprint density at radius 3 is 1.46 bits per heavy atom. The van der Waals surface area contributed by atoms with Crippen LogP contribution in [0, 0.1) is 0 Å². The predicted molar refractivity (Wildman–Crippen MR) is 90.7 cm³/mol. The largest absolute Gasteiger partial charge is 0.463 e. The van der Waals surface area contributed by atoms with Gasteiger partial charge in [-0.25, -0.2) is 0 Å². The van der Waals surface area contributed by atoms with E-state index in [0.717, 1.165) is 41.7 Å². The summed E-state index contributed by atoms with van der Waals surface area (Å²) in [5.74, 6) is -4.03. The zero-order valence-corrected chi connectivity index (χ0v) is 16.6. The minimum Gasteiger partial charge on any atom is -0.463 e. The topological polar surface area (TPSA) is 141 Å². The lowest BCUT2D eigenvalue weighted by Gasteiger charge is -2.34. The normalized spacial score (nSPS) is 16.3. The van der Waals surface area contributed by atoms with Crippen LogP contribution in [-0.2, 0) is 52.4 Å². The number of hydrogen-bond acceptors (Lipinski definition) is 11. The molecule has 5 atom stereocenters. The van der Waals surface area contributed by atoms with Crippen molar-refractivity contribution in [1.82, 2.24) is 0 Å². The summed E-state index contributed by atoms with van der Waals surface area (Å²) in [5.41, 5.74) is 0. The van der Waals surface area contributed by atoms with Gasteiger partial charge in [0.05, 0.1) is 1.37 Å². The minimum absolute atomic E-state index is 0.544. The minimum atomic E-state index is -1.69. The van der Waals surface area contributed by atoms with Crippen molar-refractivity contribution in [2.24, 2.45) is 0 Å². The standard InChI is InChI=1S/C17H26O11/c1-9(18)24-7-14(23-6)16(27-12(4)21)17(28-13(5)22)15(26-11(3)20)8-25-10(2)19/h14-17H,7-8H2,1-6H3/i7D. The zero-order chi connectivity index (χ0) is 22.7. The summed E-state index contributed by atoms with van der Waals surface area (Å²) in [6, 6.07) is 0. The highest BCUT2D eigenvalue weighted by Crippen LogP contribution is 2.20. The van der Waals surface area contributed by atoms with Crippen molar-refractivity contribution in [1.29, 1.82) is 0 Å². The van der Waals surface area contributed by atoms with Crippen LogP contribution in [0.3, 0.4) is 0 Å². The fourth-order valence-electron chi connectivity index (χ4n) is 2.10. The third kappa shape index (κ3) is 10.5. The van der Waals surface area contributed by atoms with Crippen LogP contribution in [-0.4, -0.2) is 74.6 Å². The molecular weight excluding hydrogens is 380 g/mol. The number of esters is 5. The molecular formula is C17H26O11. The number of carbonyl (C=O) groups is 5. The molecule has 0 aliphatic rings. The van der Waals surface area contributed by atoms with Gasteiger partial charge in [-0.05, 0) is 0 Å². The van der Waals surface area contributed by atoms with Crippen LogP contribution in [0.15, 0.2) is 0 Å². The van der Waals surface area contributed by atoms with Gasteiger partial charge < -0.3 is 28.4 Å². The van der Waals surface area contributed by atoms with E-state index in [0.29, 0.717) is 0 Å². The van der Waals surface area contributed by atoms with E-state index in [9.17, 15) is 24.0 Å². The molecule has 0 saturated carbocycles. The molecule has 0 bridgehead atoms. The van der Waals surface area contributed by atoms with E-state index in [1.54, 1.807) is 0 Å². The lowest BCUT2D eigenvalue weighted by Crippen LogP contribution is -2.53. The van der Waals surface area contributed by atoms with Crippen molar-refractivity contribution in [2.45, 2.75) is 59.0 Å². The second-order valence-corrected chi connectivity index (χ2v) is 5.54. The molecule has 0 rings (SSSR count). The van der Waals surface area contributed by atoms with Crippen LogP contribution in [0.4, 0.5) is 0 Å². The second-order valence-electron chi connectivity index (χ2n) is 5.54. The molecule has 160 valence electrons. The summed E-state index contributed by atoms with van der Waals surface area (Å²) >= 11 is 0. The molecule has 28 heavy (non-hydrogen) atoms. The molecule has 0 aromatic carbocycles. The van der Waals surface area contributed by atoms with Gasteiger partial charge in [-0.15, -0.1) is 0 Å². The van der Waals surface area contributed by atoms with E-state index in [1.807, 2.05) is 0 Å². The van der Waals surface area contributed by atoms with Crippen molar-refractivity contribution < 1.29 is 53.8 Å². The Kier molecular flexibility index (Phi) is 10.6. The van der Waals surface area contributed by atoms with Crippen LogP contribution in [0.5, 0.6) is 0 Å². The SMILES string of the molecule is [2H]C(OC(C)=O)C(OC)C(OC(C)=O)C(OC(C)=O)C(COC(C)=O)OC(C)=O. The Morgan fingerprint density at radius 2 is 1.11 bits per heavy atom. The molecule has 0 heterocycles. The first kappa shape index (κ1) is 23.3. The molecule has 0 N–H and O–H groups in total. The summed E-state index contributed by atoms with van der Waals surface area (Å²) in [5, 5.41) is 0. The Bertz CT molecular complexity index is 606. The molecule has 5 unspecified atom stereocenters. The van der Waals surface area contributed by atoms with Gasteiger partial charge in [0.25, 0.3) is 0 Å². The van der Waals surface area contributed by atoms with Crippen molar-refractivity contribution in [3.05, 3.63) is 0 Å². The molecule has 0 amide bonds. The molecule has 0 fully saturated rings. The molecule has 11 nitrogen and oxygen atoms in total. The van der Waals surface area contributed by atoms with Gasteiger partial charge in [-0.1, -0.05) is 0 Å². The molecule has 0 aliphatic heterocycles. The Balaban J connectivity index is 6.13. The molecule has 0 saturated heterocycles. The number of methoxy groups -OCH3 is 1. The van der Waals surface area contributed by atoms with Gasteiger partial charge >= 0.3 is 29.8 Å². The van der Waals surface area contributed by atoms with Crippen LogP contribution in [0.2, 0.25) is 0 Å². The van der Waals surface area contributed by atoms with Gasteiger partial charge in [0.1, 0.15) is 19.3 Å². The molecule has 0 radical (unpaired) electrons. The van der Waals surface area contributed by atoms with Crippen molar-refractivity contribution in [3.8, 4) is 0 Å². The first-order valence-electron chi connectivity index (χ1n) is 8.74. The van der Waals surface area contributed by atoms with Crippen molar-refractivity contribution in [3.63, 3.8) is 0 Å². The van der Waals surface area contributed by atoms with Crippen LogP contribution in [0.1, 0.15) is 36.0 Å². The number of carbonyl (C=O) groups excluding carboxylic acids is 5. The first-order chi connectivity index (χ1) is 13.4. The van der Waals surface area contributed by atoms with E-state index >= 15 is 0 Å². The van der Waals surface area contributed by atoms with Crippen LogP contribution < -0.4 is 0 Å². The molecule has 11 heteroatoms. The van der Waals surface area contributed by atoms with Gasteiger partial charge in [-0.3, -0.25) is 24.0 Å². The van der Waals surface area contributed by atoms with Gasteiger partial charge in [-0.2, -0.15) is 0 Å². The third-order valence-electron chi connectivity index (χ3n) is 3.03. The molecule has 0 aromatic heterocycles. The maximum Gasteiger partial charge on any atom is 0.303 e. The van der Waals surface area contributed by atoms with Crippen LogP contribution >= 0.6 is 0 Å². The zero-order valence-electron chi connectivity index (χ0n) is 17.6. The van der Waals surface area contributed by atoms with Gasteiger partial charge in [0, 0.05) is 41.7 Å². The average Bonchev–Trinajstić information content (AvgIpc) is 2.54. The quantitative estimate of drug-likeness (QED) is 0.335. The highest BCUT2D eigenvalue weighted by molar-refractivity contribution is 5.69. The van der Waals surface area contributed by atoms with Crippen LogP contribution in [0.25, 0.3) is 0 Å². The number of rotatable bonds is 11. The van der Waals surface area contributed by atoms with Gasteiger partial charge in [0.2, 0.25) is 0 Å². The lowest BCUT2D eigenvalue weighted by molar-refractivity contribution is -0.203. The summed E-state index contributed by atoms with van der Waals surface area (Å²) in [7, 11) is 1.14. The highest BCUT2D eigenvalue weighted by Gasteiger charge is 2.43.